The maximum atomic E-state index is 10.9. The van der Waals surface area contributed by atoms with Gasteiger partial charge in [-0.1, -0.05) is 78.2 Å². The molecule has 0 bridgehead atoms. The number of hydrogen-bond acceptors (Lipinski definition) is 2. The van der Waals surface area contributed by atoms with Crippen molar-refractivity contribution in [1.82, 2.24) is 0 Å². The predicted octanol–water partition coefficient (Wildman–Crippen LogP) is 8.15. The third kappa shape index (κ3) is 12.7. The summed E-state index contributed by atoms with van der Waals surface area (Å²) in [6.45, 7) is 12.1. The van der Waals surface area contributed by atoms with Gasteiger partial charge in [0, 0.05) is 0 Å². The van der Waals surface area contributed by atoms with Crippen molar-refractivity contribution >= 4 is 5.97 Å². The molecule has 0 aliphatic rings. The number of benzene rings is 1. The lowest BCUT2D eigenvalue weighted by Crippen LogP contribution is -2.00. The minimum atomic E-state index is -0.914. The van der Waals surface area contributed by atoms with Gasteiger partial charge in [-0.05, 0) is 67.9 Å². The number of hydrogen-bond donors (Lipinski definition) is 1. The Morgan fingerprint density at radius 1 is 0.900 bits per heavy atom. The van der Waals surface area contributed by atoms with E-state index in [9.17, 15) is 4.79 Å². The lowest BCUT2D eigenvalue weighted by molar-refractivity contribution is 0.0697. The summed E-state index contributed by atoms with van der Waals surface area (Å²) in [7, 11) is 0. The van der Waals surface area contributed by atoms with Crippen molar-refractivity contribution in [3.63, 3.8) is 0 Å². The zero-order valence-corrected chi connectivity index (χ0v) is 20.0. The van der Waals surface area contributed by atoms with Crippen LogP contribution in [0.25, 0.3) is 0 Å². The van der Waals surface area contributed by atoms with Gasteiger partial charge in [0.25, 0.3) is 0 Å². The highest BCUT2D eigenvalue weighted by Crippen LogP contribution is 2.22. The Balaban J connectivity index is 2.11. The van der Waals surface area contributed by atoms with Crippen molar-refractivity contribution in [2.45, 2.75) is 92.4 Å². The van der Waals surface area contributed by atoms with Gasteiger partial charge in [-0.15, -0.1) is 0 Å². The summed E-state index contributed by atoms with van der Waals surface area (Å²) in [5, 5.41) is 8.92. The van der Waals surface area contributed by atoms with E-state index < -0.39 is 5.97 Å². The molecule has 0 aromatic heterocycles. The number of carboxylic acids is 1. The Morgan fingerprint density at radius 3 is 1.97 bits per heavy atom. The number of carbonyl (C=O) groups is 1. The summed E-state index contributed by atoms with van der Waals surface area (Å²) in [6, 6.07) is 6.56. The minimum Gasteiger partial charge on any atom is -0.490 e. The number of rotatable bonds is 16. The quantitative estimate of drug-likeness (QED) is 0.277. The highest BCUT2D eigenvalue weighted by atomic mass is 16.5. The van der Waals surface area contributed by atoms with Gasteiger partial charge in [-0.3, -0.25) is 0 Å². The van der Waals surface area contributed by atoms with Crippen LogP contribution in [0.3, 0.4) is 0 Å². The second-order valence-corrected chi connectivity index (χ2v) is 9.55. The molecule has 0 amide bonds. The van der Waals surface area contributed by atoms with Gasteiger partial charge >= 0.3 is 5.97 Å². The standard InChI is InChI=1S/C27H44O3/c1-21(2)9-6-10-22(3)11-7-12-23(4)13-8-14-24(5)19-20-30-26-17-15-25(16-18-26)27(28)29/h15-19,21-23H,6-14,20H2,1-5H3,(H,28,29). The first-order chi connectivity index (χ1) is 14.3. The molecule has 0 saturated heterocycles. The second kappa shape index (κ2) is 15.1. The molecule has 30 heavy (non-hydrogen) atoms. The Morgan fingerprint density at radius 2 is 1.43 bits per heavy atom. The van der Waals surface area contributed by atoms with E-state index in [1.165, 1.54) is 56.9 Å². The molecule has 0 radical (unpaired) electrons. The summed E-state index contributed by atoms with van der Waals surface area (Å²) in [5.41, 5.74) is 1.65. The molecule has 1 N–H and O–H groups in total. The van der Waals surface area contributed by atoms with Gasteiger partial charge in [-0.2, -0.15) is 0 Å². The molecule has 3 nitrogen and oxygen atoms in total. The molecule has 0 aliphatic carbocycles. The molecule has 0 aliphatic heterocycles. The average molecular weight is 417 g/mol. The van der Waals surface area contributed by atoms with Gasteiger partial charge in [0.1, 0.15) is 12.4 Å². The largest absolute Gasteiger partial charge is 0.490 e. The fraction of sp³-hybridized carbons (Fsp3) is 0.667. The van der Waals surface area contributed by atoms with Crippen LogP contribution in [0, 0.1) is 17.8 Å². The van der Waals surface area contributed by atoms with Gasteiger partial charge < -0.3 is 9.84 Å². The van der Waals surface area contributed by atoms with E-state index in [0.29, 0.717) is 12.4 Å². The van der Waals surface area contributed by atoms with E-state index >= 15 is 0 Å². The van der Waals surface area contributed by atoms with Gasteiger partial charge in [0.05, 0.1) is 5.56 Å². The third-order valence-corrected chi connectivity index (χ3v) is 5.92. The zero-order chi connectivity index (χ0) is 22.4. The highest BCUT2D eigenvalue weighted by molar-refractivity contribution is 5.87. The van der Waals surface area contributed by atoms with Crippen LogP contribution in [-0.4, -0.2) is 17.7 Å². The molecule has 2 atom stereocenters. The first kappa shape index (κ1) is 26.3. The van der Waals surface area contributed by atoms with Gasteiger partial charge in [0.15, 0.2) is 0 Å². The summed E-state index contributed by atoms with van der Waals surface area (Å²) in [4.78, 5) is 10.9. The lowest BCUT2D eigenvalue weighted by Gasteiger charge is -2.15. The number of aromatic carboxylic acids is 1. The van der Waals surface area contributed by atoms with E-state index in [1.54, 1.807) is 24.3 Å². The van der Waals surface area contributed by atoms with Crippen molar-refractivity contribution in [2.75, 3.05) is 6.61 Å². The van der Waals surface area contributed by atoms with Crippen LogP contribution in [0.1, 0.15) is 103 Å². The molecular weight excluding hydrogens is 372 g/mol. The maximum absolute atomic E-state index is 10.9. The summed E-state index contributed by atoms with van der Waals surface area (Å²) >= 11 is 0. The highest BCUT2D eigenvalue weighted by Gasteiger charge is 2.07. The van der Waals surface area contributed by atoms with Crippen LogP contribution in [0.5, 0.6) is 5.75 Å². The maximum Gasteiger partial charge on any atom is 0.335 e. The topological polar surface area (TPSA) is 46.5 Å². The first-order valence-electron chi connectivity index (χ1n) is 11.9. The molecular formula is C27H44O3. The van der Waals surface area contributed by atoms with E-state index in [0.717, 1.165) is 24.2 Å². The smallest absolute Gasteiger partial charge is 0.335 e. The SMILES string of the molecule is CC(=CCOc1ccc(C(=O)O)cc1)CCCC(C)CCCC(C)CCCC(C)C. The average Bonchev–Trinajstić information content (AvgIpc) is 2.68. The van der Waals surface area contributed by atoms with Crippen LogP contribution in [0.2, 0.25) is 0 Å². The molecule has 2 unspecified atom stereocenters. The first-order valence-corrected chi connectivity index (χ1v) is 11.9. The molecule has 1 aromatic rings. The number of allylic oxidation sites excluding steroid dienone is 1. The Labute approximate surface area is 184 Å². The van der Waals surface area contributed by atoms with E-state index in [4.69, 9.17) is 9.84 Å². The van der Waals surface area contributed by atoms with E-state index in [1.807, 2.05) is 0 Å². The molecule has 0 heterocycles. The minimum absolute atomic E-state index is 0.281. The van der Waals surface area contributed by atoms with Crippen molar-refractivity contribution in [1.29, 1.82) is 0 Å². The second-order valence-electron chi connectivity index (χ2n) is 9.55. The Bertz CT molecular complexity index is 616. The molecule has 0 spiro atoms. The molecule has 0 fully saturated rings. The Kier molecular flexibility index (Phi) is 13.2. The van der Waals surface area contributed by atoms with E-state index in [-0.39, 0.29) is 5.56 Å². The molecule has 0 saturated carbocycles. The third-order valence-electron chi connectivity index (χ3n) is 5.92. The summed E-state index contributed by atoms with van der Waals surface area (Å²) in [5.74, 6) is 2.32. The van der Waals surface area contributed by atoms with Gasteiger partial charge in [-0.25, -0.2) is 4.79 Å². The molecule has 170 valence electrons. The Hall–Kier alpha value is -1.77. The molecule has 1 aromatic carbocycles. The molecule has 1 rings (SSSR count). The summed E-state index contributed by atoms with van der Waals surface area (Å²) < 4.78 is 5.69. The van der Waals surface area contributed by atoms with Crippen molar-refractivity contribution in [3.05, 3.63) is 41.5 Å². The van der Waals surface area contributed by atoms with Crippen LogP contribution in [0.15, 0.2) is 35.9 Å². The van der Waals surface area contributed by atoms with Crippen LogP contribution in [-0.2, 0) is 0 Å². The fourth-order valence-electron chi connectivity index (χ4n) is 3.78. The summed E-state index contributed by atoms with van der Waals surface area (Å²) in [6.07, 6.45) is 14.0. The normalized spacial score (nSPS) is 14.0. The van der Waals surface area contributed by atoms with Crippen LogP contribution in [0.4, 0.5) is 0 Å². The predicted molar refractivity (Wildman–Crippen MR) is 127 cm³/mol. The van der Waals surface area contributed by atoms with Crippen molar-refractivity contribution < 1.29 is 14.6 Å². The van der Waals surface area contributed by atoms with Crippen LogP contribution < -0.4 is 4.74 Å². The van der Waals surface area contributed by atoms with Crippen molar-refractivity contribution in [3.8, 4) is 5.75 Å². The van der Waals surface area contributed by atoms with Gasteiger partial charge in [0.2, 0.25) is 0 Å². The number of ether oxygens (including phenoxy) is 1. The lowest BCUT2D eigenvalue weighted by atomic mass is 9.91. The molecule has 3 heteroatoms. The van der Waals surface area contributed by atoms with Crippen molar-refractivity contribution in [2.24, 2.45) is 17.8 Å². The fourth-order valence-corrected chi connectivity index (χ4v) is 3.78. The number of carboxylic acid groups (broad SMARTS) is 1. The van der Waals surface area contributed by atoms with Crippen LogP contribution >= 0.6 is 0 Å². The zero-order valence-electron chi connectivity index (χ0n) is 20.0. The monoisotopic (exact) mass is 416 g/mol. The van der Waals surface area contributed by atoms with E-state index in [2.05, 4.69) is 40.7 Å².